The Hall–Kier alpha value is -3.22. The van der Waals surface area contributed by atoms with Crippen molar-refractivity contribution >= 4 is 17.8 Å². The van der Waals surface area contributed by atoms with E-state index in [4.69, 9.17) is 9.84 Å². The number of nitrogens with one attached hydrogen (secondary N) is 3. The van der Waals surface area contributed by atoms with Gasteiger partial charge in [0.15, 0.2) is 0 Å². The van der Waals surface area contributed by atoms with E-state index < -0.39 is 11.6 Å². The van der Waals surface area contributed by atoms with Gasteiger partial charge in [-0.3, -0.25) is 0 Å². The lowest BCUT2D eigenvalue weighted by atomic mass is 9.95. The van der Waals surface area contributed by atoms with Crippen LogP contribution < -0.4 is 20.7 Å². The van der Waals surface area contributed by atoms with Crippen LogP contribution in [-0.2, 0) is 6.42 Å². The zero-order valence-electron chi connectivity index (χ0n) is 16.6. The van der Waals surface area contributed by atoms with Gasteiger partial charge in [0.1, 0.15) is 11.5 Å². The zero-order valence-corrected chi connectivity index (χ0v) is 16.6. The molecule has 0 aromatic heterocycles. The lowest BCUT2D eigenvalue weighted by Gasteiger charge is -2.24. The van der Waals surface area contributed by atoms with Crippen LogP contribution in [0, 0.1) is 0 Å². The van der Waals surface area contributed by atoms with Gasteiger partial charge in [-0.25, -0.2) is 9.59 Å². The van der Waals surface area contributed by atoms with Crippen LogP contribution in [-0.4, -0.2) is 28.8 Å². The largest absolute Gasteiger partial charge is 0.465 e. The normalized spacial score (nSPS) is 11.0. The zero-order chi connectivity index (χ0) is 20.7. The van der Waals surface area contributed by atoms with E-state index >= 15 is 0 Å². The molecule has 0 spiro atoms. The van der Waals surface area contributed by atoms with E-state index in [1.807, 2.05) is 52.0 Å². The van der Waals surface area contributed by atoms with Gasteiger partial charge in [0, 0.05) is 17.3 Å². The predicted molar refractivity (Wildman–Crippen MR) is 109 cm³/mol. The van der Waals surface area contributed by atoms with Crippen LogP contribution in [0.5, 0.6) is 11.5 Å². The fraction of sp³-hybridized carbons (Fsp3) is 0.333. The van der Waals surface area contributed by atoms with E-state index in [9.17, 15) is 9.59 Å². The van der Waals surface area contributed by atoms with E-state index in [0.717, 1.165) is 5.56 Å². The molecule has 0 aliphatic heterocycles. The number of carbonyl (C=O) groups excluding carboxylic acids is 1. The first-order valence-corrected chi connectivity index (χ1v) is 9.08. The summed E-state index contributed by atoms with van der Waals surface area (Å²) in [6, 6.07) is 14.4. The van der Waals surface area contributed by atoms with Crippen LogP contribution in [0.4, 0.5) is 15.3 Å². The summed E-state index contributed by atoms with van der Waals surface area (Å²) >= 11 is 0. The predicted octanol–water partition coefficient (Wildman–Crippen LogP) is 4.60. The molecule has 0 unspecified atom stereocenters. The molecular formula is C21H27N3O4. The highest BCUT2D eigenvalue weighted by Gasteiger charge is 2.20. The average molecular weight is 385 g/mol. The lowest BCUT2D eigenvalue weighted by Crippen LogP contribution is -2.44. The number of hydrogen-bond donors (Lipinski definition) is 4. The Morgan fingerprint density at radius 1 is 1.00 bits per heavy atom. The summed E-state index contributed by atoms with van der Waals surface area (Å²) in [6.07, 6.45) is -0.470. The molecule has 2 aromatic rings. The second-order valence-electron chi connectivity index (χ2n) is 7.51. The van der Waals surface area contributed by atoms with Crippen molar-refractivity contribution in [3.63, 3.8) is 0 Å². The number of amides is 3. The van der Waals surface area contributed by atoms with E-state index in [1.54, 1.807) is 24.3 Å². The van der Waals surface area contributed by atoms with Gasteiger partial charge in [0.25, 0.3) is 0 Å². The Bertz CT molecular complexity index is 799. The molecule has 0 saturated carbocycles. The van der Waals surface area contributed by atoms with Crippen molar-refractivity contribution in [2.75, 3.05) is 5.32 Å². The summed E-state index contributed by atoms with van der Waals surface area (Å²) in [5.41, 5.74) is 1.12. The number of hydrogen-bond acceptors (Lipinski definition) is 3. The molecule has 0 fully saturated rings. The maximum atomic E-state index is 11.7. The smallest absolute Gasteiger partial charge is 0.405 e. The molecule has 7 heteroatoms. The van der Waals surface area contributed by atoms with Gasteiger partial charge in [-0.1, -0.05) is 12.1 Å². The lowest BCUT2D eigenvalue weighted by molar-refractivity contribution is 0.182. The van der Waals surface area contributed by atoms with E-state index in [-0.39, 0.29) is 12.1 Å². The van der Waals surface area contributed by atoms with Gasteiger partial charge in [0.05, 0.1) is 0 Å². The van der Waals surface area contributed by atoms with Crippen LogP contribution in [0.25, 0.3) is 0 Å². The van der Waals surface area contributed by atoms with Gasteiger partial charge in [-0.05, 0) is 76.1 Å². The van der Waals surface area contributed by atoms with Gasteiger partial charge in [-0.15, -0.1) is 0 Å². The third-order valence-electron chi connectivity index (χ3n) is 3.78. The van der Waals surface area contributed by atoms with Gasteiger partial charge < -0.3 is 25.8 Å². The van der Waals surface area contributed by atoms with E-state index in [0.29, 0.717) is 23.6 Å². The van der Waals surface area contributed by atoms with Crippen molar-refractivity contribution in [1.29, 1.82) is 0 Å². The molecule has 0 saturated heterocycles. The molecule has 0 aliphatic rings. The van der Waals surface area contributed by atoms with E-state index in [2.05, 4.69) is 16.0 Å². The van der Waals surface area contributed by atoms with Crippen molar-refractivity contribution in [3.05, 3.63) is 54.1 Å². The Balaban J connectivity index is 1.93. The number of benzene rings is 2. The number of carboxylic acid groups (broad SMARTS) is 1. The SMILES string of the molecule is CC(C)NC(=O)Nc1ccc(Oc2ccc(CC(C)(C)NC(=O)O)cc2)cc1. The number of rotatable bonds is 7. The first kappa shape index (κ1) is 21.1. The highest BCUT2D eigenvalue weighted by atomic mass is 16.5. The molecule has 0 radical (unpaired) electrons. The maximum absolute atomic E-state index is 11.7. The molecule has 3 amide bonds. The molecular weight excluding hydrogens is 358 g/mol. The number of carbonyl (C=O) groups is 2. The quantitative estimate of drug-likeness (QED) is 0.560. The minimum Gasteiger partial charge on any atom is -0.465 e. The standard InChI is InChI=1S/C21H27N3O4/c1-14(2)22-19(25)23-16-7-11-18(12-8-16)28-17-9-5-15(6-10-17)13-21(3,4)24-20(26)27/h5-12,14,24H,13H2,1-4H3,(H,26,27)(H2,22,23,25). The second-order valence-corrected chi connectivity index (χ2v) is 7.51. The molecule has 2 rings (SSSR count). The summed E-state index contributed by atoms with van der Waals surface area (Å²) in [4.78, 5) is 22.5. The Morgan fingerprint density at radius 3 is 2.04 bits per heavy atom. The fourth-order valence-electron chi connectivity index (χ4n) is 2.69. The number of ether oxygens (including phenoxy) is 1. The second kappa shape index (κ2) is 9.12. The maximum Gasteiger partial charge on any atom is 0.405 e. The summed E-state index contributed by atoms with van der Waals surface area (Å²) in [7, 11) is 0. The molecule has 2 aromatic carbocycles. The van der Waals surface area contributed by atoms with Crippen molar-refractivity contribution < 1.29 is 19.4 Å². The Morgan fingerprint density at radius 2 is 1.54 bits per heavy atom. The van der Waals surface area contributed by atoms with E-state index in [1.165, 1.54) is 0 Å². The third kappa shape index (κ3) is 7.19. The number of urea groups is 1. The topological polar surface area (TPSA) is 99.7 Å². The van der Waals surface area contributed by atoms with Crippen LogP contribution in [0.15, 0.2) is 48.5 Å². The van der Waals surface area contributed by atoms with Crippen molar-refractivity contribution in [2.24, 2.45) is 0 Å². The minimum atomic E-state index is -1.04. The highest BCUT2D eigenvalue weighted by Crippen LogP contribution is 2.24. The van der Waals surface area contributed by atoms with Crippen LogP contribution in [0.1, 0.15) is 33.3 Å². The first-order valence-electron chi connectivity index (χ1n) is 9.08. The Labute approximate surface area is 165 Å². The van der Waals surface area contributed by atoms with Crippen molar-refractivity contribution in [3.8, 4) is 11.5 Å². The third-order valence-corrected chi connectivity index (χ3v) is 3.78. The molecule has 0 aliphatic carbocycles. The van der Waals surface area contributed by atoms with Crippen LogP contribution in [0.2, 0.25) is 0 Å². The molecule has 4 N–H and O–H groups in total. The molecule has 0 atom stereocenters. The van der Waals surface area contributed by atoms with Crippen LogP contribution in [0.3, 0.4) is 0 Å². The molecule has 150 valence electrons. The Kier molecular flexibility index (Phi) is 6.87. The van der Waals surface area contributed by atoms with Crippen molar-refractivity contribution in [2.45, 2.75) is 45.7 Å². The number of anilines is 1. The minimum absolute atomic E-state index is 0.0658. The first-order chi connectivity index (χ1) is 13.1. The molecule has 0 heterocycles. The average Bonchev–Trinajstić information content (AvgIpc) is 2.56. The highest BCUT2D eigenvalue weighted by molar-refractivity contribution is 5.89. The fourth-order valence-corrected chi connectivity index (χ4v) is 2.69. The molecule has 0 bridgehead atoms. The molecule has 7 nitrogen and oxygen atoms in total. The molecule has 28 heavy (non-hydrogen) atoms. The van der Waals surface area contributed by atoms with Crippen LogP contribution >= 0.6 is 0 Å². The monoisotopic (exact) mass is 385 g/mol. The summed E-state index contributed by atoms with van der Waals surface area (Å²) in [5.74, 6) is 1.32. The summed E-state index contributed by atoms with van der Waals surface area (Å²) in [5, 5.41) is 16.9. The van der Waals surface area contributed by atoms with Gasteiger partial charge >= 0.3 is 12.1 Å². The van der Waals surface area contributed by atoms with Crippen molar-refractivity contribution in [1.82, 2.24) is 10.6 Å². The summed E-state index contributed by atoms with van der Waals surface area (Å²) in [6.45, 7) is 7.46. The van der Waals surface area contributed by atoms with Gasteiger partial charge in [0.2, 0.25) is 0 Å². The van der Waals surface area contributed by atoms with Gasteiger partial charge in [-0.2, -0.15) is 0 Å². The summed E-state index contributed by atoms with van der Waals surface area (Å²) < 4.78 is 5.81.